The zero-order valence-electron chi connectivity index (χ0n) is 7.51. The molecular formula is C10H17N. The van der Waals surface area contributed by atoms with Gasteiger partial charge in [0.25, 0.3) is 0 Å². The molecule has 3 aliphatic rings. The Kier molecular flexibility index (Phi) is 0.976. The lowest BCUT2D eigenvalue weighted by atomic mass is 9.59. The van der Waals surface area contributed by atoms with Crippen LogP contribution in [0.5, 0.6) is 0 Å². The summed E-state index contributed by atoms with van der Waals surface area (Å²) in [5.74, 6) is 1.01. The van der Waals surface area contributed by atoms with Crippen LogP contribution in [0.25, 0.3) is 0 Å². The van der Waals surface area contributed by atoms with Crippen molar-refractivity contribution in [2.75, 3.05) is 0 Å². The Bertz CT molecular complexity index is 179. The summed E-state index contributed by atoms with van der Waals surface area (Å²) in [4.78, 5) is 2.78. The summed E-state index contributed by atoms with van der Waals surface area (Å²) in [5, 5.41) is 0. The smallest absolute Gasteiger partial charge is 0.0217 e. The normalized spacial score (nSPS) is 61.1. The highest BCUT2D eigenvalue weighted by Gasteiger charge is 2.61. The fraction of sp³-hybridized carbons (Fsp3) is 1.00. The summed E-state index contributed by atoms with van der Waals surface area (Å²) in [6.45, 7) is 4.86. The molecule has 0 spiro atoms. The molecule has 3 fully saturated rings. The van der Waals surface area contributed by atoms with Crippen LogP contribution in [0.4, 0.5) is 0 Å². The minimum absolute atomic E-state index is 0.676. The Morgan fingerprint density at radius 1 is 1.18 bits per heavy atom. The maximum atomic E-state index is 2.78. The van der Waals surface area contributed by atoms with Gasteiger partial charge in [-0.3, -0.25) is 4.90 Å². The Hall–Kier alpha value is -0.0400. The van der Waals surface area contributed by atoms with E-state index in [0.29, 0.717) is 5.54 Å². The molecule has 3 saturated heterocycles. The van der Waals surface area contributed by atoms with E-state index < -0.39 is 0 Å². The second-order valence-electron chi connectivity index (χ2n) is 5.20. The maximum Gasteiger partial charge on any atom is 0.0217 e. The van der Waals surface area contributed by atoms with Crippen molar-refractivity contribution in [3.05, 3.63) is 0 Å². The lowest BCUT2D eigenvalue weighted by Crippen LogP contribution is -2.79. The van der Waals surface area contributed by atoms with E-state index in [0.717, 1.165) is 18.0 Å². The first-order chi connectivity index (χ1) is 5.19. The van der Waals surface area contributed by atoms with Crippen LogP contribution in [0.1, 0.15) is 39.5 Å². The van der Waals surface area contributed by atoms with Crippen LogP contribution in [0.15, 0.2) is 0 Å². The van der Waals surface area contributed by atoms with Crippen molar-refractivity contribution in [2.45, 2.75) is 57.2 Å². The van der Waals surface area contributed by atoms with E-state index in [9.17, 15) is 0 Å². The third-order valence-corrected chi connectivity index (χ3v) is 4.11. The van der Waals surface area contributed by atoms with Crippen LogP contribution < -0.4 is 0 Å². The van der Waals surface area contributed by atoms with E-state index in [2.05, 4.69) is 18.7 Å². The molecule has 0 amide bonds. The molecule has 3 rings (SSSR count). The summed E-state index contributed by atoms with van der Waals surface area (Å²) in [6.07, 6.45) is 5.94. The minimum atomic E-state index is 0.676. The van der Waals surface area contributed by atoms with Gasteiger partial charge in [0, 0.05) is 17.6 Å². The van der Waals surface area contributed by atoms with Crippen LogP contribution in [0, 0.1) is 5.92 Å². The van der Waals surface area contributed by atoms with Gasteiger partial charge < -0.3 is 0 Å². The van der Waals surface area contributed by atoms with Gasteiger partial charge in [0.2, 0.25) is 0 Å². The van der Waals surface area contributed by atoms with E-state index in [1.165, 1.54) is 25.7 Å². The molecule has 0 aliphatic carbocycles. The molecule has 3 heterocycles. The van der Waals surface area contributed by atoms with Gasteiger partial charge in [-0.05, 0) is 38.5 Å². The molecular weight excluding hydrogens is 134 g/mol. The maximum absolute atomic E-state index is 2.78. The number of piperidine rings is 2. The fourth-order valence-electron chi connectivity index (χ4n) is 3.88. The van der Waals surface area contributed by atoms with Gasteiger partial charge in [0.15, 0.2) is 0 Å². The summed E-state index contributed by atoms with van der Waals surface area (Å²) < 4.78 is 0. The van der Waals surface area contributed by atoms with Gasteiger partial charge in [-0.15, -0.1) is 0 Å². The van der Waals surface area contributed by atoms with Crippen molar-refractivity contribution in [2.24, 2.45) is 5.92 Å². The molecule has 0 radical (unpaired) electrons. The Morgan fingerprint density at radius 3 is 2.18 bits per heavy atom. The first-order valence-corrected chi connectivity index (χ1v) is 4.97. The van der Waals surface area contributed by atoms with Crippen LogP contribution in [0.3, 0.4) is 0 Å². The third kappa shape index (κ3) is 0.618. The average molecular weight is 151 g/mol. The van der Waals surface area contributed by atoms with Crippen molar-refractivity contribution in [1.82, 2.24) is 4.90 Å². The van der Waals surface area contributed by atoms with E-state index in [-0.39, 0.29) is 0 Å². The zero-order chi connectivity index (χ0) is 7.64. The predicted molar refractivity (Wildman–Crippen MR) is 45.5 cm³/mol. The topological polar surface area (TPSA) is 3.24 Å². The summed E-state index contributed by atoms with van der Waals surface area (Å²) in [6, 6.07) is 1.98. The summed E-state index contributed by atoms with van der Waals surface area (Å²) in [7, 11) is 0. The lowest BCUT2D eigenvalue weighted by Gasteiger charge is -2.72. The Morgan fingerprint density at radius 2 is 1.73 bits per heavy atom. The number of hydrogen-bond donors (Lipinski definition) is 0. The molecule has 0 bridgehead atoms. The van der Waals surface area contributed by atoms with Crippen LogP contribution in [-0.4, -0.2) is 22.5 Å². The van der Waals surface area contributed by atoms with Gasteiger partial charge in [-0.1, -0.05) is 6.92 Å². The quantitative estimate of drug-likeness (QED) is 0.512. The Labute approximate surface area is 68.8 Å². The van der Waals surface area contributed by atoms with E-state index in [1.807, 2.05) is 0 Å². The third-order valence-electron chi connectivity index (χ3n) is 4.11. The molecule has 2 unspecified atom stereocenters. The van der Waals surface area contributed by atoms with Crippen molar-refractivity contribution in [1.29, 1.82) is 0 Å². The average Bonchev–Trinajstić information content (AvgIpc) is 1.81. The SMILES string of the molecule is CC1CC2CC3(C)CC(C1)N23. The second-order valence-corrected chi connectivity index (χ2v) is 5.20. The Balaban J connectivity index is 1.82. The van der Waals surface area contributed by atoms with Crippen molar-refractivity contribution >= 4 is 0 Å². The number of hydrogen-bond acceptors (Lipinski definition) is 1. The molecule has 1 heteroatoms. The molecule has 1 nitrogen and oxygen atoms in total. The van der Waals surface area contributed by atoms with Crippen LogP contribution in [0.2, 0.25) is 0 Å². The molecule has 62 valence electrons. The molecule has 3 aliphatic heterocycles. The first kappa shape index (κ1) is 6.47. The number of nitrogens with zero attached hydrogens (tertiary/aromatic N) is 1. The van der Waals surface area contributed by atoms with Gasteiger partial charge in [0.1, 0.15) is 0 Å². The standard InChI is InChI=1S/C10H17N/c1-7-3-8-5-10(2)6-9(4-7)11(8)10/h7-9H,3-6H2,1-2H3. The van der Waals surface area contributed by atoms with E-state index in [1.54, 1.807) is 0 Å². The largest absolute Gasteiger partial charge is 0.292 e. The number of rotatable bonds is 0. The first-order valence-electron chi connectivity index (χ1n) is 4.97. The molecule has 0 aromatic rings. The van der Waals surface area contributed by atoms with Crippen molar-refractivity contribution < 1.29 is 0 Å². The predicted octanol–water partition coefficient (Wildman–Crippen LogP) is 2.02. The van der Waals surface area contributed by atoms with Gasteiger partial charge in [-0.25, -0.2) is 0 Å². The fourth-order valence-corrected chi connectivity index (χ4v) is 3.88. The second kappa shape index (κ2) is 1.66. The summed E-state index contributed by atoms with van der Waals surface area (Å²) >= 11 is 0. The molecule has 0 N–H and O–H groups in total. The van der Waals surface area contributed by atoms with Crippen LogP contribution in [-0.2, 0) is 0 Å². The van der Waals surface area contributed by atoms with Gasteiger partial charge in [0.05, 0.1) is 0 Å². The van der Waals surface area contributed by atoms with E-state index >= 15 is 0 Å². The highest BCUT2D eigenvalue weighted by atomic mass is 15.4. The zero-order valence-corrected chi connectivity index (χ0v) is 7.51. The molecule has 2 atom stereocenters. The lowest BCUT2D eigenvalue weighted by molar-refractivity contribution is -0.217. The molecule has 0 aromatic heterocycles. The van der Waals surface area contributed by atoms with E-state index in [4.69, 9.17) is 0 Å². The monoisotopic (exact) mass is 151 g/mol. The van der Waals surface area contributed by atoms with Crippen molar-refractivity contribution in [3.63, 3.8) is 0 Å². The highest BCUT2D eigenvalue weighted by Crippen LogP contribution is 2.57. The highest BCUT2D eigenvalue weighted by molar-refractivity contribution is 5.17. The minimum Gasteiger partial charge on any atom is -0.292 e. The summed E-state index contributed by atoms with van der Waals surface area (Å²) in [5.41, 5.74) is 0.676. The van der Waals surface area contributed by atoms with Gasteiger partial charge >= 0.3 is 0 Å². The van der Waals surface area contributed by atoms with Crippen molar-refractivity contribution in [3.8, 4) is 0 Å². The van der Waals surface area contributed by atoms with Gasteiger partial charge in [-0.2, -0.15) is 0 Å². The molecule has 0 saturated carbocycles. The van der Waals surface area contributed by atoms with Crippen LogP contribution >= 0.6 is 0 Å². The molecule has 11 heavy (non-hydrogen) atoms. The molecule has 0 aromatic carbocycles.